The fourth-order valence-corrected chi connectivity index (χ4v) is 2.95. The highest BCUT2D eigenvalue weighted by Crippen LogP contribution is 2.24. The van der Waals surface area contributed by atoms with Crippen molar-refractivity contribution >= 4 is 11.6 Å². The Bertz CT molecular complexity index is 771. The third-order valence-electron chi connectivity index (χ3n) is 4.23. The molecule has 1 aliphatic heterocycles. The lowest BCUT2D eigenvalue weighted by molar-refractivity contribution is -0.384. The number of carbonyl (C=O) groups is 1. The fraction of sp³-hybridized carbons (Fsp3) is 0.412. The molecule has 138 valence electrons. The summed E-state index contributed by atoms with van der Waals surface area (Å²) >= 11 is 0. The van der Waals surface area contributed by atoms with E-state index in [1.807, 2.05) is 6.92 Å². The van der Waals surface area contributed by atoms with Crippen molar-refractivity contribution in [1.29, 1.82) is 0 Å². The second-order valence-corrected chi connectivity index (χ2v) is 6.22. The lowest BCUT2D eigenvalue weighted by Gasteiger charge is -2.29. The number of ether oxygens (including phenoxy) is 1. The van der Waals surface area contributed by atoms with Gasteiger partial charge in [-0.25, -0.2) is 4.98 Å². The monoisotopic (exact) mass is 359 g/mol. The highest BCUT2D eigenvalue weighted by atomic mass is 16.6. The highest BCUT2D eigenvalue weighted by Gasteiger charge is 2.20. The van der Waals surface area contributed by atoms with Crippen LogP contribution in [0.1, 0.15) is 17.3 Å². The molecule has 1 unspecified atom stereocenters. The van der Waals surface area contributed by atoms with E-state index in [-0.39, 0.29) is 23.2 Å². The van der Waals surface area contributed by atoms with Crippen LogP contribution in [0.15, 0.2) is 36.9 Å². The lowest BCUT2D eigenvalue weighted by atomic mass is 10.1. The maximum Gasteiger partial charge on any atom is 0.294 e. The van der Waals surface area contributed by atoms with E-state index in [9.17, 15) is 14.9 Å². The zero-order chi connectivity index (χ0) is 18.5. The van der Waals surface area contributed by atoms with E-state index in [1.54, 1.807) is 22.9 Å². The first-order valence-electron chi connectivity index (χ1n) is 8.42. The van der Waals surface area contributed by atoms with Crippen LogP contribution in [0.2, 0.25) is 0 Å². The Labute approximate surface area is 150 Å². The van der Waals surface area contributed by atoms with E-state index in [4.69, 9.17) is 4.74 Å². The SMILES string of the molecule is CC(CN1CCOCC1)NC(=O)c1ccc(-n2ccnc2)c([N+](=O)[O-])c1. The van der Waals surface area contributed by atoms with Gasteiger partial charge in [-0.15, -0.1) is 0 Å². The van der Waals surface area contributed by atoms with Gasteiger partial charge in [0.2, 0.25) is 0 Å². The third kappa shape index (κ3) is 4.24. The molecule has 1 N–H and O–H groups in total. The van der Waals surface area contributed by atoms with Gasteiger partial charge in [-0.05, 0) is 19.1 Å². The number of carbonyl (C=O) groups excluding carboxylic acids is 1. The Morgan fingerprint density at radius 1 is 1.42 bits per heavy atom. The number of hydrogen-bond donors (Lipinski definition) is 1. The number of benzene rings is 1. The number of nitro benzene ring substituents is 1. The molecule has 1 aromatic heterocycles. The minimum absolute atomic E-state index is 0.0759. The van der Waals surface area contributed by atoms with Crippen molar-refractivity contribution in [3.63, 3.8) is 0 Å². The number of amides is 1. The molecule has 2 aromatic rings. The smallest absolute Gasteiger partial charge is 0.294 e. The second-order valence-electron chi connectivity index (χ2n) is 6.22. The molecule has 1 fully saturated rings. The molecule has 1 aromatic carbocycles. The Hall–Kier alpha value is -2.78. The molecule has 26 heavy (non-hydrogen) atoms. The summed E-state index contributed by atoms with van der Waals surface area (Å²) in [6, 6.07) is 4.36. The first kappa shape index (κ1) is 18.0. The first-order valence-corrected chi connectivity index (χ1v) is 8.42. The average Bonchev–Trinajstić information content (AvgIpc) is 3.16. The van der Waals surface area contributed by atoms with Gasteiger partial charge in [0, 0.05) is 49.7 Å². The van der Waals surface area contributed by atoms with Gasteiger partial charge in [-0.2, -0.15) is 0 Å². The zero-order valence-corrected chi connectivity index (χ0v) is 14.5. The van der Waals surface area contributed by atoms with Crippen molar-refractivity contribution in [2.75, 3.05) is 32.8 Å². The number of morpholine rings is 1. The van der Waals surface area contributed by atoms with Crippen LogP contribution in [-0.4, -0.2) is 64.2 Å². The Morgan fingerprint density at radius 3 is 2.85 bits per heavy atom. The molecule has 9 heteroatoms. The van der Waals surface area contributed by atoms with Gasteiger partial charge in [-0.1, -0.05) is 0 Å². The molecule has 2 heterocycles. The van der Waals surface area contributed by atoms with E-state index in [0.29, 0.717) is 25.4 Å². The molecule has 0 aliphatic carbocycles. The van der Waals surface area contributed by atoms with Gasteiger partial charge in [-0.3, -0.25) is 19.8 Å². The summed E-state index contributed by atoms with van der Waals surface area (Å²) in [7, 11) is 0. The minimum Gasteiger partial charge on any atom is -0.379 e. The molecule has 0 radical (unpaired) electrons. The predicted octanol–water partition coefficient (Wildman–Crippen LogP) is 1.23. The van der Waals surface area contributed by atoms with Crippen LogP contribution in [0.5, 0.6) is 0 Å². The van der Waals surface area contributed by atoms with Crippen LogP contribution >= 0.6 is 0 Å². The van der Waals surface area contributed by atoms with Gasteiger partial charge in [0.05, 0.1) is 24.5 Å². The van der Waals surface area contributed by atoms with Crippen LogP contribution in [0, 0.1) is 10.1 Å². The second kappa shape index (κ2) is 8.07. The molecule has 3 rings (SSSR count). The summed E-state index contributed by atoms with van der Waals surface area (Å²) in [6.07, 6.45) is 4.64. The summed E-state index contributed by atoms with van der Waals surface area (Å²) in [4.78, 5) is 29.5. The molecule has 0 saturated carbocycles. The number of nitro groups is 1. The summed E-state index contributed by atoms with van der Waals surface area (Å²) < 4.78 is 6.85. The molecule has 0 bridgehead atoms. The third-order valence-corrected chi connectivity index (χ3v) is 4.23. The van der Waals surface area contributed by atoms with Crippen molar-refractivity contribution in [2.45, 2.75) is 13.0 Å². The summed E-state index contributed by atoms with van der Waals surface area (Å²) in [5.41, 5.74) is 0.483. The maximum absolute atomic E-state index is 12.5. The summed E-state index contributed by atoms with van der Waals surface area (Å²) in [5.74, 6) is -0.328. The van der Waals surface area contributed by atoms with Gasteiger partial charge >= 0.3 is 0 Å². The highest BCUT2D eigenvalue weighted by molar-refractivity contribution is 5.95. The quantitative estimate of drug-likeness (QED) is 0.615. The molecular weight excluding hydrogens is 338 g/mol. The Morgan fingerprint density at radius 2 is 2.19 bits per heavy atom. The van der Waals surface area contributed by atoms with E-state index in [1.165, 1.54) is 18.6 Å². The van der Waals surface area contributed by atoms with Crippen molar-refractivity contribution in [3.05, 3.63) is 52.6 Å². The van der Waals surface area contributed by atoms with E-state index >= 15 is 0 Å². The number of hydrogen-bond acceptors (Lipinski definition) is 6. The Kier molecular flexibility index (Phi) is 5.59. The molecule has 1 atom stereocenters. The maximum atomic E-state index is 12.5. The molecule has 1 saturated heterocycles. The molecule has 1 aliphatic rings. The van der Waals surface area contributed by atoms with Gasteiger partial charge in [0.25, 0.3) is 11.6 Å². The van der Waals surface area contributed by atoms with E-state index in [2.05, 4.69) is 15.2 Å². The molecule has 0 spiro atoms. The fourth-order valence-electron chi connectivity index (χ4n) is 2.95. The van der Waals surface area contributed by atoms with Crippen LogP contribution in [0.25, 0.3) is 5.69 Å². The number of imidazole rings is 1. The summed E-state index contributed by atoms with van der Waals surface area (Å²) in [6.45, 7) is 5.70. The minimum atomic E-state index is -0.497. The number of rotatable bonds is 6. The van der Waals surface area contributed by atoms with E-state index < -0.39 is 4.92 Å². The number of aromatic nitrogens is 2. The lowest BCUT2D eigenvalue weighted by Crippen LogP contribution is -2.46. The average molecular weight is 359 g/mol. The molecular formula is C17H21N5O4. The molecule has 9 nitrogen and oxygen atoms in total. The van der Waals surface area contributed by atoms with Crippen molar-refractivity contribution in [1.82, 2.24) is 19.8 Å². The van der Waals surface area contributed by atoms with Crippen molar-refractivity contribution in [3.8, 4) is 5.69 Å². The standard InChI is InChI=1S/C17H21N5O4/c1-13(11-20-6-8-26-9-7-20)19-17(23)14-2-3-15(16(10-14)22(24)25)21-5-4-18-12-21/h2-5,10,12-13H,6-9,11H2,1H3,(H,19,23). The predicted molar refractivity (Wildman–Crippen MR) is 94.4 cm³/mol. The van der Waals surface area contributed by atoms with Gasteiger partial charge in [0.15, 0.2) is 0 Å². The van der Waals surface area contributed by atoms with Crippen LogP contribution in [0.4, 0.5) is 5.69 Å². The number of nitrogens with one attached hydrogen (secondary N) is 1. The van der Waals surface area contributed by atoms with E-state index in [0.717, 1.165) is 13.1 Å². The summed E-state index contributed by atoms with van der Waals surface area (Å²) in [5, 5.41) is 14.3. The van der Waals surface area contributed by atoms with Crippen LogP contribution in [-0.2, 0) is 4.74 Å². The van der Waals surface area contributed by atoms with Gasteiger partial charge < -0.3 is 14.6 Å². The van der Waals surface area contributed by atoms with Crippen molar-refractivity contribution in [2.24, 2.45) is 0 Å². The first-order chi connectivity index (χ1) is 12.5. The van der Waals surface area contributed by atoms with Crippen molar-refractivity contribution < 1.29 is 14.5 Å². The van der Waals surface area contributed by atoms with Crippen LogP contribution < -0.4 is 5.32 Å². The molecule has 1 amide bonds. The Balaban J connectivity index is 1.70. The normalized spacial score (nSPS) is 16.2. The number of nitrogens with zero attached hydrogens (tertiary/aromatic N) is 4. The van der Waals surface area contributed by atoms with Gasteiger partial charge in [0.1, 0.15) is 5.69 Å². The largest absolute Gasteiger partial charge is 0.379 e. The van der Waals surface area contributed by atoms with Crippen LogP contribution in [0.3, 0.4) is 0 Å². The zero-order valence-electron chi connectivity index (χ0n) is 14.5. The topological polar surface area (TPSA) is 103 Å².